The largest absolute Gasteiger partial charge is 0.0689 e. The first-order valence-electron chi connectivity index (χ1n) is 6.16. The van der Waals surface area contributed by atoms with Gasteiger partial charge in [0.15, 0.2) is 0 Å². The molecule has 1 aliphatic carbocycles. The van der Waals surface area contributed by atoms with Gasteiger partial charge in [-0.15, -0.1) is 0 Å². The smallest absolute Gasteiger partial charge is 0.0123 e. The van der Waals surface area contributed by atoms with Crippen LogP contribution in [0.3, 0.4) is 0 Å². The maximum atomic E-state index is 2.31. The normalized spacial score (nSPS) is 17.4. The molecule has 0 spiro atoms. The van der Waals surface area contributed by atoms with Crippen molar-refractivity contribution in [3.8, 4) is 0 Å². The Morgan fingerprint density at radius 1 is 0.812 bits per heavy atom. The summed E-state index contributed by atoms with van der Waals surface area (Å²) in [7, 11) is 0. The van der Waals surface area contributed by atoms with Crippen molar-refractivity contribution < 1.29 is 0 Å². The van der Waals surface area contributed by atoms with Gasteiger partial charge in [-0.2, -0.15) is 0 Å². The van der Waals surface area contributed by atoms with Crippen LogP contribution in [0.25, 0.3) is 0 Å². The molecule has 0 aromatic carbocycles. The lowest BCUT2D eigenvalue weighted by molar-refractivity contribution is 0.464. The van der Waals surface area contributed by atoms with Crippen molar-refractivity contribution in [3.05, 3.63) is 34.4 Å². The Balaban J connectivity index is 3.46. The number of allylic oxidation sites excluding steroid dienone is 6. The summed E-state index contributed by atoms with van der Waals surface area (Å²) in [5.74, 6) is 0. The third-order valence-corrected chi connectivity index (χ3v) is 3.05. The van der Waals surface area contributed by atoms with Crippen LogP contribution in [0.4, 0.5) is 0 Å². The van der Waals surface area contributed by atoms with Crippen LogP contribution < -0.4 is 0 Å². The second kappa shape index (κ2) is 3.91. The molecule has 0 bridgehead atoms. The first-order chi connectivity index (χ1) is 7.05. The SMILES string of the molecule is CC(C)=C1C=CC(C(C)(C)C)=C1C(C)(C)C. The molecule has 0 radical (unpaired) electrons. The van der Waals surface area contributed by atoms with Gasteiger partial charge in [-0.25, -0.2) is 0 Å². The van der Waals surface area contributed by atoms with E-state index >= 15 is 0 Å². The summed E-state index contributed by atoms with van der Waals surface area (Å²) in [4.78, 5) is 0. The molecule has 0 aromatic heterocycles. The third-order valence-electron chi connectivity index (χ3n) is 3.05. The van der Waals surface area contributed by atoms with Crippen LogP contribution in [0, 0.1) is 10.8 Å². The van der Waals surface area contributed by atoms with Gasteiger partial charge < -0.3 is 0 Å². The average molecular weight is 218 g/mol. The highest BCUT2D eigenvalue weighted by molar-refractivity contribution is 5.58. The molecule has 0 saturated carbocycles. The van der Waals surface area contributed by atoms with E-state index < -0.39 is 0 Å². The number of rotatable bonds is 0. The lowest BCUT2D eigenvalue weighted by atomic mass is 9.74. The van der Waals surface area contributed by atoms with Crippen molar-refractivity contribution >= 4 is 0 Å². The first kappa shape index (κ1) is 13.3. The van der Waals surface area contributed by atoms with E-state index in [9.17, 15) is 0 Å². The summed E-state index contributed by atoms with van der Waals surface area (Å²) in [5, 5.41) is 0. The second-order valence-electron chi connectivity index (χ2n) is 7.04. The second-order valence-corrected chi connectivity index (χ2v) is 7.04. The lowest BCUT2D eigenvalue weighted by Gasteiger charge is -2.30. The average Bonchev–Trinajstić information content (AvgIpc) is 2.43. The van der Waals surface area contributed by atoms with Crippen molar-refractivity contribution in [3.63, 3.8) is 0 Å². The van der Waals surface area contributed by atoms with Gasteiger partial charge in [0.05, 0.1) is 0 Å². The highest BCUT2D eigenvalue weighted by Crippen LogP contribution is 2.45. The Morgan fingerprint density at radius 2 is 1.31 bits per heavy atom. The van der Waals surface area contributed by atoms with Crippen LogP contribution in [0.2, 0.25) is 0 Å². The molecule has 16 heavy (non-hydrogen) atoms. The van der Waals surface area contributed by atoms with Crippen molar-refractivity contribution in [2.75, 3.05) is 0 Å². The summed E-state index contributed by atoms with van der Waals surface area (Å²) in [6.45, 7) is 18.2. The minimum absolute atomic E-state index is 0.221. The molecule has 0 heterocycles. The van der Waals surface area contributed by atoms with Crippen LogP contribution in [0.5, 0.6) is 0 Å². The highest BCUT2D eigenvalue weighted by atomic mass is 14.4. The summed E-state index contributed by atoms with van der Waals surface area (Å²) < 4.78 is 0. The Labute approximate surface area is 101 Å². The molecule has 0 atom stereocenters. The highest BCUT2D eigenvalue weighted by Gasteiger charge is 2.31. The van der Waals surface area contributed by atoms with Crippen molar-refractivity contribution in [2.45, 2.75) is 55.4 Å². The summed E-state index contributed by atoms with van der Waals surface area (Å²) in [6.07, 6.45) is 4.60. The monoisotopic (exact) mass is 218 g/mol. The van der Waals surface area contributed by atoms with E-state index in [1.807, 2.05) is 0 Å². The van der Waals surface area contributed by atoms with Gasteiger partial charge in [0, 0.05) is 0 Å². The molecule has 0 aliphatic heterocycles. The first-order valence-corrected chi connectivity index (χ1v) is 6.16. The minimum Gasteiger partial charge on any atom is -0.0689 e. The Morgan fingerprint density at radius 3 is 1.62 bits per heavy atom. The molecular formula is C16H26. The van der Waals surface area contributed by atoms with E-state index in [-0.39, 0.29) is 10.8 Å². The fourth-order valence-corrected chi connectivity index (χ4v) is 2.33. The Hall–Kier alpha value is -0.780. The summed E-state index contributed by atoms with van der Waals surface area (Å²) in [5.41, 5.74) is 6.34. The van der Waals surface area contributed by atoms with Crippen LogP contribution >= 0.6 is 0 Å². The number of hydrogen-bond donors (Lipinski definition) is 0. The predicted octanol–water partition coefficient (Wildman–Crippen LogP) is 5.28. The predicted molar refractivity (Wildman–Crippen MR) is 73.5 cm³/mol. The van der Waals surface area contributed by atoms with E-state index in [4.69, 9.17) is 0 Å². The van der Waals surface area contributed by atoms with Crippen LogP contribution in [-0.4, -0.2) is 0 Å². The van der Waals surface area contributed by atoms with E-state index in [0.717, 1.165) is 0 Å². The molecule has 0 N–H and O–H groups in total. The molecule has 0 saturated heterocycles. The van der Waals surface area contributed by atoms with Gasteiger partial charge in [-0.3, -0.25) is 0 Å². The van der Waals surface area contributed by atoms with Crippen LogP contribution in [0.1, 0.15) is 55.4 Å². The lowest BCUT2D eigenvalue weighted by Crippen LogP contribution is -2.17. The fraction of sp³-hybridized carbons (Fsp3) is 0.625. The van der Waals surface area contributed by atoms with Crippen LogP contribution in [0.15, 0.2) is 34.4 Å². The van der Waals surface area contributed by atoms with E-state index in [0.29, 0.717) is 0 Å². The van der Waals surface area contributed by atoms with Crippen molar-refractivity contribution in [1.29, 1.82) is 0 Å². The Kier molecular flexibility index (Phi) is 3.24. The maximum Gasteiger partial charge on any atom is -0.0123 e. The van der Waals surface area contributed by atoms with E-state index in [2.05, 4.69) is 67.5 Å². The standard InChI is InChI=1S/C16H26/c1-11(2)12-9-10-13(15(3,4)5)14(12)16(6,7)8/h9-10H,1-8H3. The fourth-order valence-electron chi connectivity index (χ4n) is 2.33. The molecule has 0 unspecified atom stereocenters. The topological polar surface area (TPSA) is 0 Å². The van der Waals surface area contributed by atoms with Gasteiger partial charge in [0.25, 0.3) is 0 Å². The third kappa shape index (κ3) is 2.48. The summed E-state index contributed by atoms with van der Waals surface area (Å²) >= 11 is 0. The van der Waals surface area contributed by atoms with Gasteiger partial charge in [0.2, 0.25) is 0 Å². The minimum atomic E-state index is 0.221. The molecule has 90 valence electrons. The zero-order chi connectivity index (χ0) is 12.7. The molecule has 0 nitrogen and oxygen atoms in total. The molecule has 0 heteroatoms. The van der Waals surface area contributed by atoms with Gasteiger partial charge >= 0.3 is 0 Å². The van der Waals surface area contributed by atoms with E-state index in [1.165, 1.54) is 22.3 Å². The Bertz CT molecular complexity index is 369. The molecular weight excluding hydrogens is 192 g/mol. The maximum absolute atomic E-state index is 2.31. The van der Waals surface area contributed by atoms with Crippen molar-refractivity contribution in [1.82, 2.24) is 0 Å². The van der Waals surface area contributed by atoms with Crippen LogP contribution in [-0.2, 0) is 0 Å². The zero-order valence-electron chi connectivity index (χ0n) is 12.2. The quantitative estimate of drug-likeness (QED) is 0.519. The molecule has 0 aromatic rings. The molecule has 1 aliphatic rings. The van der Waals surface area contributed by atoms with Crippen molar-refractivity contribution in [2.24, 2.45) is 10.8 Å². The van der Waals surface area contributed by atoms with Gasteiger partial charge in [-0.1, -0.05) is 59.3 Å². The molecule has 0 fully saturated rings. The van der Waals surface area contributed by atoms with Gasteiger partial charge in [0.1, 0.15) is 0 Å². The zero-order valence-corrected chi connectivity index (χ0v) is 12.2. The summed E-state index contributed by atoms with van der Waals surface area (Å²) in [6, 6.07) is 0. The number of hydrogen-bond acceptors (Lipinski definition) is 0. The van der Waals surface area contributed by atoms with Gasteiger partial charge in [-0.05, 0) is 41.4 Å². The van der Waals surface area contributed by atoms with E-state index in [1.54, 1.807) is 0 Å². The molecule has 1 rings (SSSR count). The molecule has 0 amide bonds.